The van der Waals surface area contributed by atoms with Gasteiger partial charge in [0.05, 0.1) is 6.04 Å². The molecular weight excluding hydrogens is 153 g/mol. The fourth-order valence-corrected chi connectivity index (χ4v) is 0.974. The maximum Gasteiger partial charge on any atom is 0.129 e. The lowest BCUT2D eigenvalue weighted by molar-refractivity contribution is 0.603. The second-order valence-electron chi connectivity index (χ2n) is 2.67. The summed E-state index contributed by atoms with van der Waals surface area (Å²) < 4.78 is 13.1. The molecule has 1 atom stereocenters. The van der Waals surface area contributed by atoms with Gasteiger partial charge in [-0.05, 0) is 18.6 Å². The highest BCUT2D eigenvalue weighted by molar-refractivity contribution is 5.29. The molecule has 0 saturated carbocycles. The maximum atomic E-state index is 13.1. The van der Waals surface area contributed by atoms with Crippen LogP contribution in [0.4, 0.5) is 4.39 Å². The summed E-state index contributed by atoms with van der Waals surface area (Å²) >= 11 is 0. The van der Waals surface area contributed by atoms with E-state index < -0.39 is 6.04 Å². The monoisotopic (exact) mass is 163 g/mol. The van der Waals surface area contributed by atoms with E-state index in [1.165, 1.54) is 6.07 Å². The van der Waals surface area contributed by atoms with E-state index in [9.17, 15) is 4.39 Å². The van der Waals surface area contributed by atoms with Gasteiger partial charge in [0, 0.05) is 5.56 Å². The van der Waals surface area contributed by atoms with Gasteiger partial charge in [-0.3, -0.25) is 0 Å². The minimum atomic E-state index is -0.648. The van der Waals surface area contributed by atoms with Crippen LogP contribution in [0.5, 0.6) is 0 Å². The van der Waals surface area contributed by atoms with E-state index in [0.29, 0.717) is 5.56 Å². The Hall–Kier alpha value is -1.33. The Morgan fingerprint density at radius 3 is 2.75 bits per heavy atom. The molecule has 0 aliphatic rings. The van der Waals surface area contributed by atoms with Crippen LogP contribution in [0.15, 0.2) is 18.2 Å². The van der Waals surface area contributed by atoms with Gasteiger partial charge in [-0.25, -0.2) is 4.39 Å². The number of halogens is 1. The lowest BCUT2D eigenvalue weighted by Gasteiger charge is -2.06. The topological polar surface area (TPSA) is 26.0 Å². The number of hydrogen-bond donors (Lipinski definition) is 1. The Morgan fingerprint density at radius 2 is 2.25 bits per heavy atom. The van der Waals surface area contributed by atoms with Crippen LogP contribution in [0.25, 0.3) is 0 Å². The van der Waals surface area contributed by atoms with E-state index in [1.54, 1.807) is 12.1 Å². The summed E-state index contributed by atoms with van der Waals surface area (Å²) in [7, 11) is 0. The van der Waals surface area contributed by atoms with Gasteiger partial charge in [0.2, 0.25) is 0 Å². The third kappa shape index (κ3) is 1.63. The van der Waals surface area contributed by atoms with Gasteiger partial charge in [-0.2, -0.15) is 0 Å². The van der Waals surface area contributed by atoms with Crippen LogP contribution in [0.1, 0.15) is 17.2 Å². The average molecular weight is 163 g/mol. The molecule has 0 aliphatic carbocycles. The van der Waals surface area contributed by atoms with Crippen LogP contribution in [0.3, 0.4) is 0 Å². The number of hydrogen-bond acceptors (Lipinski definition) is 1. The summed E-state index contributed by atoms with van der Waals surface area (Å²) in [6.45, 7) is 1.81. The largest absolute Gasteiger partial charge is 0.314 e. The summed E-state index contributed by atoms with van der Waals surface area (Å²) in [6.07, 6.45) is 5.07. The molecule has 0 bridgehead atoms. The molecule has 1 nitrogen and oxygen atoms in total. The Bertz CT molecular complexity index is 325. The number of terminal acetylenes is 1. The molecule has 0 aliphatic heterocycles. The average Bonchev–Trinajstić information content (AvgIpc) is 2.03. The molecule has 0 aromatic heterocycles. The van der Waals surface area contributed by atoms with Crippen molar-refractivity contribution >= 4 is 0 Å². The third-order valence-electron chi connectivity index (χ3n) is 1.67. The zero-order valence-corrected chi connectivity index (χ0v) is 6.84. The quantitative estimate of drug-likeness (QED) is 0.627. The van der Waals surface area contributed by atoms with Gasteiger partial charge >= 0.3 is 0 Å². The first-order chi connectivity index (χ1) is 5.65. The van der Waals surface area contributed by atoms with Crippen LogP contribution in [0, 0.1) is 25.1 Å². The molecule has 2 N–H and O–H groups in total. The maximum absolute atomic E-state index is 13.1. The number of nitrogens with two attached hydrogens (primary N) is 1. The van der Waals surface area contributed by atoms with Crippen LogP contribution in [-0.4, -0.2) is 0 Å². The van der Waals surface area contributed by atoms with Gasteiger partial charge in [0.15, 0.2) is 0 Å². The van der Waals surface area contributed by atoms with Gasteiger partial charge < -0.3 is 5.73 Å². The molecule has 2 heteroatoms. The summed E-state index contributed by atoms with van der Waals surface area (Å²) in [6, 6.07) is 4.18. The molecule has 1 aromatic rings. The molecule has 1 aromatic carbocycles. The van der Waals surface area contributed by atoms with E-state index in [-0.39, 0.29) is 5.82 Å². The molecule has 0 fully saturated rings. The lowest BCUT2D eigenvalue weighted by atomic mass is 10.1. The summed E-state index contributed by atoms with van der Waals surface area (Å²) in [5.74, 6) is 1.95. The van der Waals surface area contributed by atoms with E-state index in [2.05, 4.69) is 5.92 Å². The van der Waals surface area contributed by atoms with Crippen LogP contribution >= 0.6 is 0 Å². The van der Waals surface area contributed by atoms with Crippen molar-refractivity contribution in [1.82, 2.24) is 0 Å². The molecule has 0 heterocycles. The van der Waals surface area contributed by atoms with Crippen molar-refractivity contribution in [2.75, 3.05) is 0 Å². The number of benzene rings is 1. The first-order valence-electron chi connectivity index (χ1n) is 3.63. The summed E-state index contributed by atoms with van der Waals surface area (Å²) in [5.41, 5.74) is 6.71. The van der Waals surface area contributed by atoms with Gasteiger partial charge in [0.1, 0.15) is 5.82 Å². The third-order valence-corrected chi connectivity index (χ3v) is 1.67. The van der Waals surface area contributed by atoms with Crippen molar-refractivity contribution in [1.29, 1.82) is 0 Å². The molecule has 0 saturated heterocycles. The second-order valence-corrected chi connectivity index (χ2v) is 2.67. The van der Waals surface area contributed by atoms with Gasteiger partial charge in [0.25, 0.3) is 0 Å². The SMILES string of the molecule is C#CC(N)c1ccc(C)cc1F. The van der Waals surface area contributed by atoms with Gasteiger partial charge in [-0.15, -0.1) is 6.42 Å². The minimum absolute atomic E-state index is 0.333. The lowest BCUT2D eigenvalue weighted by Crippen LogP contribution is -2.09. The second kappa shape index (κ2) is 3.38. The van der Waals surface area contributed by atoms with Crippen LogP contribution in [0.2, 0.25) is 0 Å². The van der Waals surface area contributed by atoms with Crippen molar-refractivity contribution in [2.45, 2.75) is 13.0 Å². The van der Waals surface area contributed by atoms with Crippen molar-refractivity contribution in [2.24, 2.45) is 5.73 Å². The van der Waals surface area contributed by atoms with E-state index >= 15 is 0 Å². The van der Waals surface area contributed by atoms with Crippen molar-refractivity contribution in [3.8, 4) is 12.3 Å². The highest BCUT2D eigenvalue weighted by Gasteiger charge is 2.07. The Morgan fingerprint density at radius 1 is 1.58 bits per heavy atom. The minimum Gasteiger partial charge on any atom is -0.314 e. The predicted octanol–water partition coefficient (Wildman–Crippen LogP) is 1.77. The van der Waals surface area contributed by atoms with Crippen LogP contribution < -0.4 is 5.73 Å². The standard InChI is InChI=1S/C10H10FN/c1-3-10(12)8-5-4-7(2)6-9(8)11/h1,4-6,10H,12H2,2H3. The first kappa shape index (κ1) is 8.76. The Labute approximate surface area is 71.4 Å². The smallest absolute Gasteiger partial charge is 0.129 e. The zero-order chi connectivity index (χ0) is 9.14. The molecule has 62 valence electrons. The predicted molar refractivity (Wildman–Crippen MR) is 46.9 cm³/mol. The van der Waals surface area contributed by atoms with Crippen molar-refractivity contribution in [3.63, 3.8) is 0 Å². The van der Waals surface area contributed by atoms with E-state index in [4.69, 9.17) is 12.2 Å². The molecule has 0 spiro atoms. The Balaban J connectivity index is 3.11. The van der Waals surface area contributed by atoms with E-state index in [1.807, 2.05) is 6.92 Å². The van der Waals surface area contributed by atoms with Crippen molar-refractivity contribution in [3.05, 3.63) is 35.1 Å². The Kier molecular flexibility index (Phi) is 2.47. The molecule has 0 amide bonds. The fourth-order valence-electron chi connectivity index (χ4n) is 0.974. The summed E-state index contributed by atoms with van der Waals surface area (Å²) in [5, 5.41) is 0. The number of aryl methyl sites for hydroxylation is 1. The summed E-state index contributed by atoms with van der Waals surface area (Å²) in [4.78, 5) is 0. The first-order valence-corrected chi connectivity index (χ1v) is 3.63. The normalized spacial score (nSPS) is 12.2. The fraction of sp³-hybridized carbons (Fsp3) is 0.200. The molecule has 1 rings (SSSR count). The van der Waals surface area contributed by atoms with Gasteiger partial charge in [-0.1, -0.05) is 18.1 Å². The molecule has 0 radical (unpaired) electrons. The molecule has 1 unspecified atom stereocenters. The zero-order valence-electron chi connectivity index (χ0n) is 6.84. The molecule has 12 heavy (non-hydrogen) atoms. The van der Waals surface area contributed by atoms with Crippen LogP contribution in [-0.2, 0) is 0 Å². The highest BCUT2D eigenvalue weighted by atomic mass is 19.1. The molecular formula is C10H10FN. The highest BCUT2D eigenvalue weighted by Crippen LogP contribution is 2.15. The van der Waals surface area contributed by atoms with Crippen molar-refractivity contribution < 1.29 is 4.39 Å². The van der Waals surface area contributed by atoms with E-state index in [0.717, 1.165) is 5.56 Å². The number of rotatable bonds is 1.